The lowest BCUT2D eigenvalue weighted by molar-refractivity contribution is 0.359. The number of rotatable bonds is 0. The lowest BCUT2D eigenvalue weighted by Gasteiger charge is -2.25. The van der Waals surface area contributed by atoms with E-state index in [9.17, 15) is 0 Å². The summed E-state index contributed by atoms with van der Waals surface area (Å²) in [6, 6.07) is 0. The molecule has 0 heterocycles. The van der Waals surface area contributed by atoms with Crippen molar-refractivity contribution in [3.63, 3.8) is 0 Å². The molecule has 0 heteroatoms. The van der Waals surface area contributed by atoms with E-state index in [1.165, 1.54) is 24.8 Å². The highest BCUT2D eigenvalue weighted by atomic mass is 14.2. The molecule has 9 heavy (non-hydrogen) atoms. The van der Waals surface area contributed by atoms with Crippen molar-refractivity contribution in [3.05, 3.63) is 12.2 Å². The molecule has 1 aliphatic rings. The van der Waals surface area contributed by atoms with Gasteiger partial charge < -0.3 is 0 Å². The highest BCUT2D eigenvalue weighted by Crippen LogP contribution is 2.30. The molecule has 2 atom stereocenters. The molecule has 0 aromatic heterocycles. The first-order valence-electron chi connectivity index (χ1n) is 3.85. The molecule has 0 aromatic carbocycles. The zero-order valence-electron chi connectivity index (χ0n) is 6.48. The molecule has 0 nitrogen and oxygen atoms in total. The maximum absolute atomic E-state index is 4.01. The largest absolute Gasteiger partial charge is 0.0998 e. The van der Waals surface area contributed by atoms with E-state index in [1.807, 2.05) is 0 Å². The van der Waals surface area contributed by atoms with Crippen LogP contribution in [0.2, 0.25) is 0 Å². The minimum atomic E-state index is 0.890. The minimum absolute atomic E-state index is 0.890. The average molecular weight is 124 g/mol. The fourth-order valence-electron chi connectivity index (χ4n) is 1.92. The SMILES string of the molecule is C=C1C[C@@H](C)C[C@H](C)C1. The van der Waals surface area contributed by atoms with Gasteiger partial charge in [0.2, 0.25) is 0 Å². The Kier molecular flexibility index (Phi) is 1.94. The van der Waals surface area contributed by atoms with Crippen molar-refractivity contribution in [2.75, 3.05) is 0 Å². The Balaban J connectivity index is 2.43. The van der Waals surface area contributed by atoms with Gasteiger partial charge >= 0.3 is 0 Å². The first-order chi connectivity index (χ1) is 4.18. The standard InChI is InChI=1S/C9H16/c1-7-4-8(2)6-9(3)5-7/h8-9H,1,4-6H2,2-3H3/t8-,9-/m1/s1. The molecule has 1 fully saturated rings. The van der Waals surface area contributed by atoms with E-state index in [4.69, 9.17) is 0 Å². The molecular weight excluding hydrogens is 108 g/mol. The average Bonchev–Trinajstić information content (AvgIpc) is 1.59. The second kappa shape index (κ2) is 2.55. The van der Waals surface area contributed by atoms with E-state index in [2.05, 4.69) is 20.4 Å². The Bertz CT molecular complexity index is 101. The highest BCUT2D eigenvalue weighted by molar-refractivity contribution is 5.00. The van der Waals surface area contributed by atoms with Gasteiger partial charge in [0, 0.05) is 0 Å². The Hall–Kier alpha value is -0.260. The summed E-state index contributed by atoms with van der Waals surface area (Å²) in [5, 5.41) is 0. The van der Waals surface area contributed by atoms with Crippen LogP contribution in [0, 0.1) is 11.8 Å². The van der Waals surface area contributed by atoms with E-state index in [0.717, 1.165) is 11.8 Å². The van der Waals surface area contributed by atoms with Gasteiger partial charge in [0.1, 0.15) is 0 Å². The van der Waals surface area contributed by atoms with Crippen molar-refractivity contribution in [1.82, 2.24) is 0 Å². The first kappa shape index (κ1) is 6.85. The second-order valence-electron chi connectivity index (χ2n) is 3.60. The van der Waals surface area contributed by atoms with Crippen LogP contribution in [0.1, 0.15) is 33.1 Å². The Morgan fingerprint density at radius 1 is 1.22 bits per heavy atom. The summed E-state index contributed by atoms with van der Waals surface area (Å²) in [7, 11) is 0. The Morgan fingerprint density at radius 3 is 2.00 bits per heavy atom. The van der Waals surface area contributed by atoms with Gasteiger partial charge in [-0.25, -0.2) is 0 Å². The number of hydrogen-bond acceptors (Lipinski definition) is 0. The van der Waals surface area contributed by atoms with Crippen molar-refractivity contribution >= 4 is 0 Å². The Morgan fingerprint density at radius 2 is 1.67 bits per heavy atom. The summed E-state index contributed by atoms with van der Waals surface area (Å²) >= 11 is 0. The molecule has 1 rings (SSSR count). The second-order valence-corrected chi connectivity index (χ2v) is 3.60. The van der Waals surface area contributed by atoms with Crippen LogP contribution in [0.15, 0.2) is 12.2 Å². The van der Waals surface area contributed by atoms with Crippen LogP contribution < -0.4 is 0 Å². The van der Waals surface area contributed by atoms with Crippen molar-refractivity contribution in [2.24, 2.45) is 11.8 Å². The molecule has 0 unspecified atom stereocenters. The summed E-state index contributed by atoms with van der Waals surface area (Å²) in [4.78, 5) is 0. The van der Waals surface area contributed by atoms with Crippen molar-refractivity contribution < 1.29 is 0 Å². The maximum Gasteiger partial charge on any atom is -0.0297 e. The number of allylic oxidation sites excluding steroid dienone is 1. The molecule has 0 amide bonds. The third kappa shape index (κ3) is 1.85. The topological polar surface area (TPSA) is 0 Å². The van der Waals surface area contributed by atoms with Gasteiger partial charge in [0.15, 0.2) is 0 Å². The van der Waals surface area contributed by atoms with E-state index in [1.54, 1.807) is 0 Å². The van der Waals surface area contributed by atoms with Gasteiger partial charge in [0.05, 0.1) is 0 Å². The molecule has 0 radical (unpaired) electrons. The van der Waals surface area contributed by atoms with E-state index in [-0.39, 0.29) is 0 Å². The lowest BCUT2D eigenvalue weighted by atomic mass is 9.81. The summed E-state index contributed by atoms with van der Waals surface area (Å²) in [6.45, 7) is 8.66. The fraction of sp³-hybridized carbons (Fsp3) is 0.778. The summed E-state index contributed by atoms with van der Waals surface area (Å²) in [5.41, 5.74) is 1.46. The predicted molar refractivity (Wildman–Crippen MR) is 41.3 cm³/mol. The predicted octanol–water partition coefficient (Wildman–Crippen LogP) is 3.00. The molecular formula is C9H16. The number of hydrogen-bond donors (Lipinski definition) is 0. The van der Waals surface area contributed by atoms with Crippen LogP contribution in [0.3, 0.4) is 0 Å². The zero-order valence-corrected chi connectivity index (χ0v) is 6.48. The third-order valence-electron chi connectivity index (χ3n) is 2.08. The highest BCUT2D eigenvalue weighted by Gasteiger charge is 2.16. The van der Waals surface area contributed by atoms with Gasteiger partial charge in [-0.1, -0.05) is 26.0 Å². The van der Waals surface area contributed by atoms with E-state index < -0.39 is 0 Å². The monoisotopic (exact) mass is 124 g/mol. The van der Waals surface area contributed by atoms with Gasteiger partial charge in [-0.05, 0) is 31.1 Å². The van der Waals surface area contributed by atoms with E-state index in [0.29, 0.717) is 0 Å². The van der Waals surface area contributed by atoms with Crippen molar-refractivity contribution in [1.29, 1.82) is 0 Å². The smallest absolute Gasteiger partial charge is 0.0297 e. The molecule has 0 N–H and O–H groups in total. The van der Waals surface area contributed by atoms with Crippen LogP contribution in [-0.4, -0.2) is 0 Å². The lowest BCUT2D eigenvalue weighted by Crippen LogP contribution is -2.11. The molecule has 0 saturated heterocycles. The normalized spacial score (nSPS) is 36.9. The molecule has 0 aliphatic heterocycles. The van der Waals surface area contributed by atoms with Crippen LogP contribution in [-0.2, 0) is 0 Å². The summed E-state index contributed by atoms with van der Waals surface area (Å²) in [6.07, 6.45) is 3.94. The third-order valence-corrected chi connectivity index (χ3v) is 2.08. The van der Waals surface area contributed by atoms with Gasteiger partial charge in [-0.2, -0.15) is 0 Å². The summed E-state index contributed by atoms with van der Waals surface area (Å²) in [5.74, 6) is 1.78. The van der Waals surface area contributed by atoms with Crippen LogP contribution in [0.5, 0.6) is 0 Å². The zero-order chi connectivity index (χ0) is 6.85. The van der Waals surface area contributed by atoms with Gasteiger partial charge in [0.25, 0.3) is 0 Å². The molecule has 52 valence electrons. The van der Waals surface area contributed by atoms with Crippen molar-refractivity contribution in [2.45, 2.75) is 33.1 Å². The molecule has 0 bridgehead atoms. The van der Waals surface area contributed by atoms with Crippen LogP contribution >= 0.6 is 0 Å². The van der Waals surface area contributed by atoms with Gasteiger partial charge in [-0.15, -0.1) is 0 Å². The molecule has 1 aliphatic carbocycles. The quantitative estimate of drug-likeness (QED) is 0.435. The summed E-state index contributed by atoms with van der Waals surface area (Å²) < 4.78 is 0. The fourth-order valence-corrected chi connectivity index (χ4v) is 1.92. The first-order valence-corrected chi connectivity index (χ1v) is 3.85. The molecule has 1 saturated carbocycles. The van der Waals surface area contributed by atoms with Gasteiger partial charge in [-0.3, -0.25) is 0 Å². The van der Waals surface area contributed by atoms with E-state index >= 15 is 0 Å². The Labute approximate surface area is 58.0 Å². The maximum atomic E-state index is 4.01. The minimum Gasteiger partial charge on any atom is -0.0998 e. The molecule has 0 aromatic rings. The molecule has 0 spiro atoms. The van der Waals surface area contributed by atoms with Crippen molar-refractivity contribution in [3.8, 4) is 0 Å². The van der Waals surface area contributed by atoms with Crippen LogP contribution in [0.4, 0.5) is 0 Å². The van der Waals surface area contributed by atoms with Crippen LogP contribution in [0.25, 0.3) is 0 Å².